The van der Waals surface area contributed by atoms with Crippen LogP contribution in [0.15, 0.2) is 47.6 Å². The first-order valence-electron chi connectivity index (χ1n) is 8.18. The molecule has 2 aromatic carbocycles. The van der Waals surface area contributed by atoms with E-state index in [1.807, 2.05) is 30.1 Å². The van der Waals surface area contributed by atoms with Gasteiger partial charge < -0.3 is 5.11 Å². The fourth-order valence-corrected chi connectivity index (χ4v) is 2.97. The predicted molar refractivity (Wildman–Crippen MR) is 96.0 cm³/mol. The summed E-state index contributed by atoms with van der Waals surface area (Å²) in [5, 5.41) is 16.6. The van der Waals surface area contributed by atoms with Gasteiger partial charge in [-0.1, -0.05) is 39.0 Å². The molecule has 0 fully saturated rings. The average Bonchev–Trinajstić information content (AvgIpc) is 2.95. The van der Waals surface area contributed by atoms with Crippen molar-refractivity contribution in [2.24, 2.45) is 10.5 Å². The van der Waals surface area contributed by atoms with Crippen molar-refractivity contribution in [2.75, 3.05) is 5.01 Å². The van der Waals surface area contributed by atoms with Gasteiger partial charge in [0.1, 0.15) is 0 Å². The Kier molecular flexibility index (Phi) is 4.08. The number of phenolic OH excluding ortho intramolecular Hbond substituents is 1. The van der Waals surface area contributed by atoms with Crippen LogP contribution in [0.5, 0.6) is 5.75 Å². The Bertz CT molecular complexity index is 792. The molecule has 1 N–H and O–H groups in total. The van der Waals surface area contributed by atoms with Gasteiger partial charge in [0.15, 0.2) is 11.6 Å². The lowest BCUT2D eigenvalue weighted by atomic mass is 9.86. The highest BCUT2D eigenvalue weighted by atomic mass is 19.1. The van der Waals surface area contributed by atoms with Crippen molar-refractivity contribution in [1.29, 1.82) is 0 Å². The normalized spacial score (nSPS) is 18.0. The number of nitrogens with zero attached hydrogens (tertiary/aromatic N) is 2. The summed E-state index contributed by atoms with van der Waals surface area (Å²) in [6, 6.07) is 12.7. The number of aromatic hydroxyl groups is 1. The average molecular weight is 326 g/mol. The molecule has 24 heavy (non-hydrogen) atoms. The molecule has 0 amide bonds. The van der Waals surface area contributed by atoms with Crippen LogP contribution in [-0.4, -0.2) is 10.8 Å². The standard InChI is InChI=1S/C20H23FN2O/c1-13-6-5-7-15(10-13)23-17(12-19(22-23)20(2,3)4)14-8-9-16(21)18(24)11-14/h5-11,17,24H,12H2,1-4H3. The lowest BCUT2D eigenvalue weighted by molar-refractivity contribution is 0.430. The Balaban J connectivity index is 2.05. The zero-order valence-electron chi connectivity index (χ0n) is 14.5. The number of anilines is 1. The Morgan fingerprint density at radius 1 is 1.17 bits per heavy atom. The first-order valence-corrected chi connectivity index (χ1v) is 8.18. The zero-order chi connectivity index (χ0) is 17.5. The molecule has 126 valence electrons. The van der Waals surface area contributed by atoms with Crippen molar-refractivity contribution >= 4 is 11.4 Å². The van der Waals surface area contributed by atoms with E-state index >= 15 is 0 Å². The van der Waals surface area contributed by atoms with E-state index in [1.165, 1.54) is 12.1 Å². The third-order valence-corrected chi connectivity index (χ3v) is 4.40. The maximum absolute atomic E-state index is 13.4. The zero-order valence-corrected chi connectivity index (χ0v) is 14.5. The number of aryl methyl sites for hydroxylation is 1. The highest BCUT2D eigenvalue weighted by molar-refractivity contribution is 5.93. The molecule has 0 aromatic heterocycles. The van der Waals surface area contributed by atoms with Crippen LogP contribution in [0.1, 0.15) is 44.4 Å². The van der Waals surface area contributed by atoms with E-state index in [0.717, 1.165) is 28.9 Å². The van der Waals surface area contributed by atoms with Crippen LogP contribution in [0, 0.1) is 18.2 Å². The van der Waals surface area contributed by atoms with Crippen LogP contribution in [0.3, 0.4) is 0 Å². The molecule has 2 aromatic rings. The lowest BCUT2D eigenvalue weighted by Gasteiger charge is -2.24. The molecular formula is C20H23FN2O. The molecule has 3 rings (SSSR count). The minimum atomic E-state index is -0.601. The minimum absolute atomic E-state index is 0.0428. The van der Waals surface area contributed by atoms with Crippen LogP contribution in [-0.2, 0) is 0 Å². The van der Waals surface area contributed by atoms with Crippen LogP contribution in [0.25, 0.3) is 0 Å². The Hall–Kier alpha value is -2.36. The van der Waals surface area contributed by atoms with E-state index in [-0.39, 0.29) is 17.2 Å². The van der Waals surface area contributed by atoms with Gasteiger partial charge in [-0.05, 0) is 42.3 Å². The first-order chi connectivity index (χ1) is 11.3. The lowest BCUT2D eigenvalue weighted by Crippen LogP contribution is -2.19. The van der Waals surface area contributed by atoms with Crippen molar-refractivity contribution in [3.63, 3.8) is 0 Å². The number of halogens is 1. The number of hydrogen-bond donors (Lipinski definition) is 1. The topological polar surface area (TPSA) is 35.8 Å². The molecule has 1 aliphatic heterocycles. The fraction of sp³-hybridized carbons (Fsp3) is 0.350. The van der Waals surface area contributed by atoms with Crippen LogP contribution in [0.4, 0.5) is 10.1 Å². The molecule has 0 radical (unpaired) electrons. The second-order valence-electron chi connectivity index (χ2n) is 7.41. The highest BCUT2D eigenvalue weighted by Gasteiger charge is 2.34. The Morgan fingerprint density at radius 3 is 2.54 bits per heavy atom. The van der Waals surface area contributed by atoms with Crippen molar-refractivity contribution in [3.8, 4) is 5.75 Å². The summed E-state index contributed by atoms with van der Waals surface area (Å²) in [6.07, 6.45) is 0.752. The van der Waals surface area contributed by atoms with Crippen LogP contribution >= 0.6 is 0 Å². The van der Waals surface area contributed by atoms with Crippen molar-refractivity contribution in [3.05, 3.63) is 59.4 Å². The smallest absolute Gasteiger partial charge is 0.164 e. The third kappa shape index (κ3) is 3.14. The number of benzene rings is 2. The molecule has 0 saturated heterocycles. The van der Waals surface area contributed by atoms with E-state index in [1.54, 1.807) is 6.07 Å². The van der Waals surface area contributed by atoms with Gasteiger partial charge in [0.2, 0.25) is 0 Å². The van der Waals surface area contributed by atoms with Gasteiger partial charge in [-0.15, -0.1) is 0 Å². The summed E-state index contributed by atoms with van der Waals surface area (Å²) in [4.78, 5) is 0. The quantitative estimate of drug-likeness (QED) is 0.824. The Morgan fingerprint density at radius 2 is 1.92 bits per heavy atom. The maximum atomic E-state index is 13.4. The summed E-state index contributed by atoms with van der Waals surface area (Å²) in [5.74, 6) is -0.920. The minimum Gasteiger partial charge on any atom is -0.505 e. The summed E-state index contributed by atoms with van der Waals surface area (Å²) in [6.45, 7) is 8.48. The molecule has 3 nitrogen and oxygen atoms in total. The van der Waals surface area contributed by atoms with E-state index < -0.39 is 5.82 Å². The number of hydrazone groups is 1. The summed E-state index contributed by atoms with van der Waals surface area (Å²) < 4.78 is 13.4. The number of phenols is 1. The largest absolute Gasteiger partial charge is 0.505 e. The number of rotatable bonds is 2. The highest BCUT2D eigenvalue weighted by Crippen LogP contribution is 2.40. The Labute approximate surface area is 142 Å². The molecule has 4 heteroatoms. The predicted octanol–water partition coefficient (Wildman–Crippen LogP) is 5.19. The van der Waals surface area contributed by atoms with Gasteiger partial charge in [-0.2, -0.15) is 5.10 Å². The van der Waals surface area contributed by atoms with Gasteiger partial charge in [0.25, 0.3) is 0 Å². The monoisotopic (exact) mass is 326 g/mol. The van der Waals surface area contributed by atoms with Crippen LogP contribution < -0.4 is 5.01 Å². The second-order valence-corrected chi connectivity index (χ2v) is 7.41. The van der Waals surface area contributed by atoms with E-state index in [9.17, 15) is 9.50 Å². The van der Waals surface area contributed by atoms with Gasteiger partial charge in [-0.25, -0.2) is 4.39 Å². The molecule has 0 saturated carbocycles. The second kappa shape index (κ2) is 5.93. The molecule has 1 heterocycles. The van der Waals surface area contributed by atoms with Crippen LogP contribution in [0.2, 0.25) is 0 Å². The van der Waals surface area contributed by atoms with E-state index in [2.05, 4.69) is 26.8 Å². The van der Waals surface area contributed by atoms with Crippen molar-refractivity contribution < 1.29 is 9.50 Å². The third-order valence-electron chi connectivity index (χ3n) is 4.40. The molecular weight excluding hydrogens is 303 g/mol. The summed E-state index contributed by atoms with van der Waals surface area (Å²) in [5.41, 5.74) is 4.07. The van der Waals surface area contributed by atoms with Gasteiger partial charge in [0.05, 0.1) is 11.7 Å². The van der Waals surface area contributed by atoms with E-state index in [0.29, 0.717) is 0 Å². The van der Waals surface area contributed by atoms with E-state index in [4.69, 9.17) is 5.10 Å². The first kappa shape index (κ1) is 16.5. The molecule has 1 aliphatic rings. The maximum Gasteiger partial charge on any atom is 0.164 e. The van der Waals surface area contributed by atoms with Crippen molar-refractivity contribution in [2.45, 2.75) is 40.2 Å². The number of hydrogen-bond acceptors (Lipinski definition) is 3. The molecule has 0 spiro atoms. The summed E-state index contributed by atoms with van der Waals surface area (Å²) >= 11 is 0. The SMILES string of the molecule is Cc1cccc(N2N=C(C(C)(C)C)CC2c2ccc(F)c(O)c2)c1. The van der Waals surface area contributed by atoms with Crippen molar-refractivity contribution in [1.82, 2.24) is 0 Å². The molecule has 1 unspecified atom stereocenters. The van der Waals surface area contributed by atoms with Gasteiger partial charge in [0, 0.05) is 17.5 Å². The molecule has 0 bridgehead atoms. The van der Waals surface area contributed by atoms with Gasteiger partial charge in [-0.3, -0.25) is 5.01 Å². The fourth-order valence-electron chi connectivity index (χ4n) is 2.97. The summed E-state index contributed by atoms with van der Waals surface area (Å²) in [7, 11) is 0. The molecule has 1 atom stereocenters. The molecule has 0 aliphatic carbocycles. The van der Waals surface area contributed by atoms with Gasteiger partial charge >= 0.3 is 0 Å².